The van der Waals surface area contributed by atoms with Crippen molar-refractivity contribution in [1.82, 2.24) is 10.2 Å². The van der Waals surface area contributed by atoms with Gasteiger partial charge >= 0.3 is 0 Å². The average Bonchev–Trinajstić information content (AvgIpc) is 3.43. The molecule has 176 valence electrons. The van der Waals surface area contributed by atoms with Gasteiger partial charge in [-0.1, -0.05) is 24.3 Å². The summed E-state index contributed by atoms with van der Waals surface area (Å²) >= 11 is 1.55. The Kier molecular flexibility index (Phi) is 6.79. The normalized spacial score (nSPS) is 15.9. The molecule has 2 aromatic carbocycles. The van der Waals surface area contributed by atoms with Gasteiger partial charge in [0.25, 0.3) is 11.8 Å². The highest BCUT2D eigenvalue weighted by molar-refractivity contribution is 8.00. The lowest BCUT2D eigenvalue weighted by atomic mass is 10.1. The molecule has 8 heteroatoms. The predicted molar refractivity (Wildman–Crippen MR) is 133 cm³/mol. The number of furan rings is 1. The number of rotatable bonds is 6. The Morgan fingerprint density at radius 1 is 1.03 bits per heavy atom. The number of hydrogen-bond acceptors (Lipinski definition) is 5. The maximum Gasteiger partial charge on any atom is 0.255 e. The molecular weight excluding hydrogens is 450 g/mol. The molecule has 1 aliphatic heterocycles. The van der Waals surface area contributed by atoms with Gasteiger partial charge < -0.3 is 20.0 Å². The van der Waals surface area contributed by atoms with E-state index < -0.39 is 5.54 Å². The lowest BCUT2D eigenvalue weighted by molar-refractivity contribution is -0.128. The smallest absolute Gasteiger partial charge is 0.255 e. The molecule has 1 fully saturated rings. The van der Waals surface area contributed by atoms with E-state index in [0.717, 1.165) is 11.3 Å². The summed E-state index contributed by atoms with van der Waals surface area (Å²) in [6.07, 6.45) is 1.59. The van der Waals surface area contributed by atoms with Crippen molar-refractivity contribution in [3.05, 3.63) is 89.4 Å². The monoisotopic (exact) mass is 477 g/mol. The molecule has 1 aromatic heterocycles. The number of nitrogens with zero attached hydrogens (tertiary/aromatic N) is 1. The van der Waals surface area contributed by atoms with Crippen molar-refractivity contribution in [2.45, 2.75) is 38.2 Å². The molecule has 1 atom stereocenters. The number of benzene rings is 2. The van der Waals surface area contributed by atoms with Gasteiger partial charge in [-0.2, -0.15) is 0 Å². The Labute approximate surface area is 202 Å². The van der Waals surface area contributed by atoms with Crippen molar-refractivity contribution in [2.24, 2.45) is 0 Å². The Morgan fingerprint density at radius 3 is 2.44 bits per heavy atom. The number of carbonyl (C=O) groups excluding carboxylic acids is 3. The van der Waals surface area contributed by atoms with Gasteiger partial charge in [0.1, 0.15) is 11.1 Å². The van der Waals surface area contributed by atoms with E-state index in [1.54, 1.807) is 65.4 Å². The molecule has 0 unspecified atom stereocenters. The van der Waals surface area contributed by atoms with Crippen molar-refractivity contribution in [1.29, 1.82) is 0 Å². The molecule has 1 aliphatic rings. The Hall–Kier alpha value is -3.52. The summed E-state index contributed by atoms with van der Waals surface area (Å²) in [5, 5.41) is 5.62. The van der Waals surface area contributed by atoms with E-state index in [-0.39, 0.29) is 23.1 Å². The van der Waals surface area contributed by atoms with Crippen LogP contribution in [0.2, 0.25) is 0 Å². The highest BCUT2D eigenvalue weighted by Gasteiger charge is 2.33. The summed E-state index contributed by atoms with van der Waals surface area (Å²) in [6.45, 7) is 6.11. The molecule has 0 aliphatic carbocycles. The van der Waals surface area contributed by atoms with Gasteiger partial charge in [-0.05, 0) is 62.7 Å². The number of thioether (sulfide) groups is 1. The molecule has 0 saturated carbocycles. The zero-order valence-corrected chi connectivity index (χ0v) is 20.1. The molecule has 3 amide bonds. The first-order valence-corrected chi connectivity index (χ1v) is 12.0. The maximum absolute atomic E-state index is 12.9. The molecule has 7 nitrogen and oxygen atoms in total. The lowest BCUT2D eigenvalue weighted by Gasteiger charge is -2.23. The highest BCUT2D eigenvalue weighted by Crippen LogP contribution is 2.39. The van der Waals surface area contributed by atoms with Crippen LogP contribution in [-0.4, -0.2) is 33.9 Å². The minimum atomic E-state index is -0.394. The van der Waals surface area contributed by atoms with Crippen LogP contribution < -0.4 is 10.6 Å². The fourth-order valence-corrected chi connectivity index (χ4v) is 4.85. The van der Waals surface area contributed by atoms with E-state index in [2.05, 4.69) is 10.6 Å². The van der Waals surface area contributed by atoms with Gasteiger partial charge in [0.05, 0.1) is 29.8 Å². The van der Waals surface area contributed by atoms with Crippen molar-refractivity contribution < 1.29 is 18.8 Å². The third kappa shape index (κ3) is 5.51. The Balaban J connectivity index is 1.47. The first kappa shape index (κ1) is 23.6. The van der Waals surface area contributed by atoms with Crippen molar-refractivity contribution in [3.63, 3.8) is 0 Å². The van der Waals surface area contributed by atoms with E-state index in [1.165, 1.54) is 0 Å². The average molecular weight is 478 g/mol. The Bertz CT molecular complexity index is 1180. The van der Waals surface area contributed by atoms with Crippen molar-refractivity contribution >= 4 is 35.2 Å². The van der Waals surface area contributed by atoms with Crippen LogP contribution in [-0.2, 0) is 11.3 Å². The van der Waals surface area contributed by atoms with Gasteiger partial charge in [-0.3, -0.25) is 14.4 Å². The third-order valence-corrected chi connectivity index (χ3v) is 6.50. The first-order chi connectivity index (χ1) is 16.2. The van der Waals surface area contributed by atoms with Crippen molar-refractivity contribution in [3.8, 4) is 0 Å². The van der Waals surface area contributed by atoms with Gasteiger partial charge in [0.15, 0.2) is 0 Å². The van der Waals surface area contributed by atoms with Gasteiger partial charge in [-0.25, -0.2) is 0 Å². The number of hydrogen-bond donors (Lipinski definition) is 2. The van der Waals surface area contributed by atoms with Crippen LogP contribution in [0.25, 0.3) is 0 Å². The summed E-state index contributed by atoms with van der Waals surface area (Å²) in [4.78, 5) is 39.8. The summed E-state index contributed by atoms with van der Waals surface area (Å²) in [6, 6.07) is 17.8. The van der Waals surface area contributed by atoms with Crippen LogP contribution >= 0.6 is 11.8 Å². The fourth-order valence-electron chi connectivity index (χ4n) is 3.66. The minimum Gasteiger partial charge on any atom is -0.467 e. The quantitative estimate of drug-likeness (QED) is 0.530. The summed E-state index contributed by atoms with van der Waals surface area (Å²) < 4.78 is 5.40. The number of nitrogens with one attached hydrogen (secondary N) is 2. The molecule has 0 radical (unpaired) electrons. The van der Waals surface area contributed by atoms with Crippen LogP contribution in [0.15, 0.2) is 71.3 Å². The number of anilines is 1. The highest BCUT2D eigenvalue weighted by atomic mass is 32.2. The maximum atomic E-state index is 12.9. The predicted octanol–water partition coefficient (Wildman–Crippen LogP) is 4.83. The summed E-state index contributed by atoms with van der Waals surface area (Å²) in [5.74, 6) is 0.619. The van der Waals surface area contributed by atoms with Crippen LogP contribution in [0.5, 0.6) is 0 Å². The van der Waals surface area contributed by atoms with Crippen LogP contribution in [0.3, 0.4) is 0 Å². The summed E-state index contributed by atoms with van der Waals surface area (Å²) in [7, 11) is 0. The van der Waals surface area contributed by atoms with Gasteiger partial charge in [0.2, 0.25) is 5.91 Å². The van der Waals surface area contributed by atoms with Crippen LogP contribution in [0, 0.1) is 0 Å². The topological polar surface area (TPSA) is 91.7 Å². The zero-order chi connectivity index (χ0) is 24.3. The zero-order valence-electron chi connectivity index (χ0n) is 19.3. The second-order valence-corrected chi connectivity index (χ2v) is 10.2. The minimum absolute atomic E-state index is 0.0540. The molecule has 0 bridgehead atoms. The standard InChI is InChI=1S/C26H27N3O4S/c1-26(2,3)28-24(32)20-8-4-5-9-21(20)27-23(31)17-10-12-18(13-11-17)25-29(22(30)16-34-25)15-19-7-6-14-33-19/h4-14,25H,15-16H2,1-3H3,(H,27,31)(H,28,32)/t25-/m0/s1. The van der Waals surface area contributed by atoms with E-state index in [0.29, 0.717) is 29.1 Å². The molecule has 34 heavy (non-hydrogen) atoms. The largest absolute Gasteiger partial charge is 0.467 e. The molecule has 0 spiro atoms. The summed E-state index contributed by atoms with van der Waals surface area (Å²) in [5.41, 5.74) is 1.84. The number of amides is 3. The molecule has 3 aromatic rings. The first-order valence-electron chi connectivity index (χ1n) is 11.0. The second-order valence-electron chi connectivity index (χ2n) is 9.09. The van der Waals surface area contributed by atoms with E-state index >= 15 is 0 Å². The Morgan fingerprint density at radius 2 is 1.76 bits per heavy atom. The van der Waals surface area contributed by atoms with Gasteiger partial charge in [0, 0.05) is 11.1 Å². The van der Waals surface area contributed by atoms with Crippen molar-refractivity contribution in [2.75, 3.05) is 11.1 Å². The SMILES string of the molecule is CC(C)(C)NC(=O)c1ccccc1NC(=O)c1ccc([C@@H]2SCC(=O)N2Cc2ccco2)cc1. The molecule has 4 rings (SSSR count). The molecule has 2 N–H and O–H groups in total. The molecule has 1 saturated heterocycles. The number of carbonyl (C=O) groups is 3. The van der Waals surface area contributed by atoms with E-state index in [9.17, 15) is 14.4 Å². The molecule has 2 heterocycles. The molecular formula is C26H27N3O4S. The van der Waals surface area contributed by atoms with E-state index in [4.69, 9.17) is 4.42 Å². The van der Waals surface area contributed by atoms with Gasteiger partial charge in [-0.15, -0.1) is 11.8 Å². The lowest BCUT2D eigenvalue weighted by Crippen LogP contribution is -2.40. The van der Waals surface area contributed by atoms with E-state index in [1.807, 2.05) is 39.0 Å². The van der Waals surface area contributed by atoms with Crippen LogP contribution in [0.1, 0.15) is 58.2 Å². The van der Waals surface area contributed by atoms with Crippen LogP contribution in [0.4, 0.5) is 5.69 Å². The second kappa shape index (κ2) is 9.77. The number of para-hydroxylation sites is 1. The fraction of sp³-hybridized carbons (Fsp3) is 0.269. The third-order valence-electron chi connectivity index (χ3n) is 5.24.